The number of hydrogen-bond donors (Lipinski definition) is 1. The molecular formula is C20H25N5O2. The van der Waals surface area contributed by atoms with Crippen LogP contribution in [0.5, 0.6) is 0 Å². The molecule has 1 atom stereocenters. The van der Waals surface area contributed by atoms with Crippen molar-refractivity contribution in [1.29, 1.82) is 0 Å². The van der Waals surface area contributed by atoms with E-state index < -0.39 is 0 Å². The number of nitrogens with one attached hydrogen (secondary N) is 1. The SMILES string of the molecule is Cc1nc([C@H]2CCN(C(=O)CN(C)C)C2)ncc1C(=O)Nc1ccccc1. The predicted molar refractivity (Wildman–Crippen MR) is 104 cm³/mol. The van der Waals surface area contributed by atoms with Crippen LogP contribution >= 0.6 is 0 Å². The van der Waals surface area contributed by atoms with Crippen molar-refractivity contribution in [3.05, 3.63) is 53.6 Å². The summed E-state index contributed by atoms with van der Waals surface area (Å²) in [5.41, 5.74) is 1.84. The van der Waals surface area contributed by atoms with Gasteiger partial charge in [-0.3, -0.25) is 9.59 Å². The number of benzene rings is 1. The molecule has 27 heavy (non-hydrogen) atoms. The topological polar surface area (TPSA) is 78.4 Å². The van der Waals surface area contributed by atoms with E-state index in [1.165, 1.54) is 0 Å². The molecule has 0 spiro atoms. The summed E-state index contributed by atoms with van der Waals surface area (Å²) in [5.74, 6) is 0.711. The van der Waals surface area contributed by atoms with E-state index in [1.807, 2.05) is 61.2 Å². The molecule has 2 aromatic rings. The van der Waals surface area contributed by atoms with Gasteiger partial charge in [0.2, 0.25) is 5.91 Å². The molecular weight excluding hydrogens is 342 g/mol. The molecule has 1 N–H and O–H groups in total. The van der Waals surface area contributed by atoms with Crippen molar-refractivity contribution < 1.29 is 9.59 Å². The molecule has 7 nitrogen and oxygen atoms in total. The van der Waals surface area contributed by atoms with Crippen molar-refractivity contribution >= 4 is 17.5 Å². The zero-order valence-electron chi connectivity index (χ0n) is 16.0. The first kappa shape index (κ1) is 19.0. The third-order valence-corrected chi connectivity index (χ3v) is 4.63. The van der Waals surface area contributed by atoms with Gasteiger partial charge >= 0.3 is 0 Å². The van der Waals surface area contributed by atoms with Gasteiger partial charge in [-0.1, -0.05) is 18.2 Å². The summed E-state index contributed by atoms with van der Waals surface area (Å²) >= 11 is 0. The first-order valence-corrected chi connectivity index (χ1v) is 9.06. The molecule has 0 aliphatic carbocycles. The van der Waals surface area contributed by atoms with Crippen molar-refractivity contribution in [2.75, 3.05) is 39.0 Å². The van der Waals surface area contributed by atoms with Crippen LogP contribution in [0.4, 0.5) is 5.69 Å². The normalized spacial score (nSPS) is 16.6. The highest BCUT2D eigenvalue weighted by molar-refractivity contribution is 6.04. The second kappa shape index (κ2) is 8.26. The van der Waals surface area contributed by atoms with Gasteiger partial charge in [0.15, 0.2) is 0 Å². The highest BCUT2D eigenvalue weighted by Gasteiger charge is 2.29. The Morgan fingerprint density at radius 1 is 1.26 bits per heavy atom. The van der Waals surface area contributed by atoms with E-state index in [2.05, 4.69) is 15.3 Å². The van der Waals surface area contributed by atoms with Crippen molar-refractivity contribution in [2.24, 2.45) is 0 Å². The maximum absolute atomic E-state index is 12.5. The van der Waals surface area contributed by atoms with Crippen molar-refractivity contribution in [2.45, 2.75) is 19.3 Å². The summed E-state index contributed by atoms with van der Waals surface area (Å²) in [6.07, 6.45) is 2.43. The fourth-order valence-corrected chi connectivity index (χ4v) is 3.19. The van der Waals surface area contributed by atoms with Gasteiger partial charge in [0, 0.05) is 30.9 Å². The van der Waals surface area contributed by atoms with Crippen LogP contribution in [0.25, 0.3) is 0 Å². The van der Waals surface area contributed by atoms with Crippen LogP contribution in [0.2, 0.25) is 0 Å². The van der Waals surface area contributed by atoms with E-state index in [1.54, 1.807) is 6.20 Å². The summed E-state index contributed by atoms with van der Waals surface area (Å²) in [4.78, 5) is 37.4. The number of para-hydroxylation sites is 1. The lowest BCUT2D eigenvalue weighted by Crippen LogP contribution is -2.36. The molecule has 0 radical (unpaired) electrons. The monoisotopic (exact) mass is 367 g/mol. The van der Waals surface area contributed by atoms with Crippen molar-refractivity contribution in [1.82, 2.24) is 19.8 Å². The average Bonchev–Trinajstić information content (AvgIpc) is 3.12. The lowest BCUT2D eigenvalue weighted by atomic mass is 10.1. The van der Waals surface area contributed by atoms with E-state index in [-0.39, 0.29) is 17.7 Å². The molecule has 1 aliphatic heterocycles. The Hall–Kier alpha value is -2.80. The highest BCUT2D eigenvalue weighted by Crippen LogP contribution is 2.25. The van der Waals surface area contributed by atoms with Crippen molar-refractivity contribution in [3.8, 4) is 0 Å². The van der Waals surface area contributed by atoms with Crippen LogP contribution in [-0.4, -0.2) is 65.3 Å². The quantitative estimate of drug-likeness (QED) is 0.873. The number of carbonyl (C=O) groups excluding carboxylic acids is 2. The van der Waals surface area contributed by atoms with Crippen LogP contribution in [0.15, 0.2) is 36.5 Å². The number of nitrogens with zero attached hydrogens (tertiary/aromatic N) is 4. The van der Waals surface area contributed by atoms with Gasteiger partial charge in [0.25, 0.3) is 5.91 Å². The number of rotatable bonds is 5. The number of anilines is 1. The number of hydrogen-bond acceptors (Lipinski definition) is 5. The third kappa shape index (κ3) is 4.68. The van der Waals surface area contributed by atoms with Gasteiger partial charge in [-0.2, -0.15) is 0 Å². The predicted octanol–water partition coefficient (Wildman–Crippen LogP) is 1.91. The molecule has 7 heteroatoms. The van der Waals surface area contributed by atoms with E-state index in [0.29, 0.717) is 30.2 Å². The second-order valence-corrected chi connectivity index (χ2v) is 7.11. The molecule has 1 aromatic heterocycles. The van der Waals surface area contributed by atoms with Crippen LogP contribution < -0.4 is 5.32 Å². The van der Waals surface area contributed by atoms with Gasteiger partial charge in [-0.05, 0) is 39.6 Å². The van der Waals surface area contributed by atoms with Gasteiger partial charge < -0.3 is 15.1 Å². The standard InChI is InChI=1S/C20H25N5O2/c1-14-17(20(27)23-16-7-5-4-6-8-16)11-21-19(22-14)15-9-10-25(12-15)18(26)13-24(2)3/h4-8,11,15H,9-10,12-13H2,1-3H3,(H,23,27)/t15-/m0/s1. The highest BCUT2D eigenvalue weighted by atomic mass is 16.2. The van der Waals surface area contributed by atoms with Gasteiger partial charge in [-0.15, -0.1) is 0 Å². The number of carbonyl (C=O) groups is 2. The minimum atomic E-state index is -0.223. The average molecular weight is 367 g/mol. The van der Waals surface area contributed by atoms with E-state index in [0.717, 1.165) is 18.7 Å². The number of aryl methyl sites for hydroxylation is 1. The summed E-state index contributed by atoms with van der Waals surface area (Å²) < 4.78 is 0. The summed E-state index contributed by atoms with van der Waals surface area (Å²) in [7, 11) is 3.77. The molecule has 0 saturated carbocycles. The van der Waals surface area contributed by atoms with Gasteiger partial charge in [0.1, 0.15) is 5.82 Å². The van der Waals surface area contributed by atoms with Gasteiger partial charge in [0.05, 0.1) is 17.8 Å². The zero-order chi connectivity index (χ0) is 19.4. The largest absolute Gasteiger partial charge is 0.341 e. The maximum atomic E-state index is 12.5. The van der Waals surface area contributed by atoms with Crippen LogP contribution in [0.3, 0.4) is 0 Å². The Bertz CT molecular complexity index is 822. The summed E-state index contributed by atoms with van der Waals surface area (Å²) in [5, 5.41) is 2.85. The zero-order valence-corrected chi connectivity index (χ0v) is 16.0. The van der Waals surface area contributed by atoms with Gasteiger partial charge in [-0.25, -0.2) is 9.97 Å². The Labute approximate surface area is 159 Å². The minimum absolute atomic E-state index is 0.112. The molecule has 0 unspecified atom stereocenters. The fraction of sp³-hybridized carbons (Fsp3) is 0.400. The molecule has 3 rings (SSSR count). The lowest BCUT2D eigenvalue weighted by molar-refractivity contribution is -0.130. The molecule has 1 saturated heterocycles. The first-order valence-electron chi connectivity index (χ1n) is 9.06. The summed E-state index contributed by atoms with van der Waals surface area (Å²) in [6, 6.07) is 9.30. The number of aromatic nitrogens is 2. The van der Waals surface area contributed by atoms with Crippen LogP contribution in [0, 0.1) is 6.92 Å². The third-order valence-electron chi connectivity index (χ3n) is 4.63. The first-order chi connectivity index (χ1) is 12.9. The summed E-state index contributed by atoms with van der Waals surface area (Å²) in [6.45, 7) is 3.57. The number of likely N-dealkylation sites (N-methyl/N-ethyl adjacent to an activating group) is 1. The van der Waals surface area contributed by atoms with Crippen molar-refractivity contribution in [3.63, 3.8) is 0 Å². The Balaban J connectivity index is 1.66. The molecule has 1 aromatic carbocycles. The van der Waals surface area contributed by atoms with E-state index in [4.69, 9.17) is 0 Å². The fourth-order valence-electron chi connectivity index (χ4n) is 3.19. The lowest BCUT2D eigenvalue weighted by Gasteiger charge is -2.19. The Kier molecular flexibility index (Phi) is 5.81. The molecule has 0 bridgehead atoms. The second-order valence-electron chi connectivity index (χ2n) is 7.11. The number of likely N-dealkylation sites (tertiary alicyclic amines) is 1. The maximum Gasteiger partial charge on any atom is 0.259 e. The molecule has 1 aliphatic rings. The van der Waals surface area contributed by atoms with Crippen LogP contribution in [-0.2, 0) is 4.79 Å². The van der Waals surface area contributed by atoms with Crippen LogP contribution in [0.1, 0.15) is 34.2 Å². The minimum Gasteiger partial charge on any atom is -0.341 e. The smallest absolute Gasteiger partial charge is 0.259 e. The molecule has 1 fully saturated rings. The Morgan fingerprint density at radius 3 is 2.67 bits per heavy atom. The van der Waals surface area contributed by atoms with E-state index in [9.17, 15) is 9.59 Å². The molecule has 142 valence electrons. The molecule has 2 amide bonds. The molecule has 2 heterocycles. The Morgan fingerprint density at radius 2 is 2.00 bits per heavy atom. The van der Waals surface area contributed by atoms with E-state index >= 15 is 0 Å². The number of amides is 2.